The monoisotopic (exact) mass is 225 g/mol. The van der Waals surface area contributed by atoms with Gasteiger partial charge in [-0.05, 0) is 6.42 Å². The summed E-state index contributed by atoms with van der Waals surface area (Å²) in [6.45, 7) is 3.23. The van der Waals surface area contributed by atoms with E-state index in [1.807, 2.05) is 6.92 Å². The van der Waals surface area contributed by atoms with Crippen molar-refractivity contribution in [2.24, 2.45) is 0 Å². The molecule has 1 aromatic rings. The molecule has 0 saturated heterocycles. The molecule has 0 bridgehead atoms. The molecule has 1 aromatic heterocycles. The summed E-state index contributed by atoms with van der Waals surface area (Å²) in [5, 5.41) is 0. The van der Waals surface area contributed by atoms with E-state index < -0.39 is 5.97 Å². The van der Waals surface area contributed by atoms with Crippen LogP contribution >= 0.6 is 0 Å². The smallest absolute Gasteiger partial charge is 0.360 e. The van der Waals surface area contributed by atoms with Crippen LogP contribution in [-0.4, -0.2) is 35.8 Å². The van der Waals surface area contributed by atoms with Crippen molar-refractivity contribution in [2.75, 3.05) is 25.6 Å². The molecule has 16 heavy (non-hydrogen) atoms. The molecule has 0 radical (unpaired) electrons. The van der Waals surface area contributed by atoms with Crippen molar-refractivity contribution >= 4 is 11.8 Å². The van der Waals surface area contributed by atoms with Gasteiger partial charge in [-0.2, -0.15) is 0 Å². The van der Waals surface area contributed by atoms with Crippen LogP contribution in [0.5, 0.6) is 0 Å². The Hall–Kier alpha value is -1.69. The first kappa shape index (κ1) is 12.4. The lowest BCUT2D eigenvalue weighted by molar-refractivity contribution is 0.0313. The molecule has 0 fully saturated rings. The van der Waals surface area contributed by atoms with Gasteiger partial charge in [0.1, 0.15) is 6.61 Å². The van der Waals surface area contributed by atoms with Crippen LogP contribution in [0.1, 0.15) is 23.8 Å². The molecule has 0 amide bonds. The zero-order valence-corrected chi connectivity index (χ0v) is 9.18. The second-order valence-electron chi connectivity index (χ2n) is 3.04. The first-order chi connectivity index (χ1) is 7.75. The Kier molecular flexibility index (Phi) is 5.21. The van der Waals surface area contributed by atoms with Gasteiger partial charge in [0.2, 0.25) is 0 Å². The largest absolute Gasteiger partial charge is 0.458 e. The summed E-state index contributed by atoms with van der Waals surface area (Å²) in [6, 6.07) is 0. The Bertz CT molecular complexity index is 344. The number of anilines is 1. The van der Waals surface area contributed by atoms with Crippen molar-refractivity contribution in [1.29, 1.82) is 0 Å². The third-order valence-electron chi connectivity index (χ3n) is 1.73. The minimum absolute atomic E-state index is 0.0398. The highest BCUT2D eigenvalue weighted by atomic mass is 16.6. The van der Waals surface area contributed by atoms with E-state index >= 15 is 0 Å². The third-order valence-corrected chi connectivity index (χ3v) is 1.73. The molecule has 0 spiro atoms. The quantitative estimate of drug-likeness (QED) is 0.564. The average molecular weight is 225 g/mol. The van der Waals surface area contributed by atoms with E-state index in [2.05, 4.69) is 9.97 Å². The van der Waals surface area contributed by atoms with Crippen LogP contribution in [0.25, 0.3) is 0 Å². The topological polar surface area (TPSA) is 87.3 Å². The third kappa shape index (κ3) is 3.82. The molecule has 88 valence electrons. The normalized spacial score (nSPS) is 10.1. The number of aromatic nitrogens is 2. The van der Waals surface area contributed by atoms with Crippen molar-refractivity contribution in [1.82, 2.24) is 9.97 Å². The summed E-state index contributed by atoms with van der Waals surface area (Å²) in [5.41, 5.74) is 5.51. The zero-order valence-electron chi connectivity index (χ0n) is 9.18. The fourth-order valence-corrected chi connectivity index (χ4v) is 1.01. The van der Waals surface area contributed by atoms with Gasteiger partial charge in [-0.25, -0.2) is 14.8 Å². The van der Waals surface area contributed by atoms with Crippen LogP contribution in [0.3, 0.4) is 0 Å². The molecule has 6 nitrogen and oxygen atoms in total. The number of hydrogen-bond donors (Lipinski definition) is 1. The molecule has 2 N–H and O–H groups in total. The summed E-state index contributed by atoms with van der Waals surface area (Å²) < 4.78 is 10.1. The van der Waals surface area contributed by atoms with Crippen LogP contribution in [0, 0.1) is 0 Å². The number of ether oxygens (including phenoxy) is 2. The highest BCUT2D eigenvalue weighted by Gasteiger charge is 2.12. The fourth-order valence-electron chi connectivity index (χ4n) is 1.01. The molecule has 0 saturated carbocycles. The molecule has 0 aliphatic rings. The van der Waals surface area contributed by atoms with Gasteiger partial charge in [0.15, 0.2) is 11.5 Å². The van der Waals surface area contributed by atoms with E-state index in [0.29, 0.717) is 13.2 Å². The van der Waals surface area contributed by atoms with E-state index in [1.165, 1.54) is 12.4 Å². The molecule has 0 unspecified atom stereocenters. The van der Waals surface area contributed by atoms with E-state index in [1.54, 1.807) is 0 Å². The number of esters is 1. The van der Waals surface area contributed by atoms with Crippen molar-refractivity contribution in [2.45, 2.75) is 13.3 Å². The Morgan fingerprint density at radius 3 is 2.75 bits per heavy atom. The highest BCUT2D eigenvalue weighted by molar-refractivity contribution is 5.91. The first-order valence-corrected chi connectivity index (χ1v) is 5.07. The zero-order chi connectivity index (χ0) is 11.8. The highest BCUT2D eigenvalue weighted by Crippen LogP contribution is 2.04. The number of nitrogens with two attached hydrogens (primary N) is 1. The number of nitrogens with zero attached hydrogens (tertiary/aromatic N) is 2. The lowest BCUT2D eigenvalue weighted by Gasteiger charge is -2.05. The average Bonchev–Trinajstić information content (AvgIpc) is 2.29. The second-order valence-corrected chi connectivity index (χ2v) is 3.04. The predicted octanol–water partition coefficient (Wildman–Crippen LogP) is 0.642. The van der Waals surface area contributed by atoms with E-state index in [4.69, 9.17) is 15.2 Å². The standard InChI is InChI=1S/C10H15N3O3/c1-2-5-15-6-7-16-10(14)8-9(11)13-4-3-12-8/h3-4H,2,5-7H2,1H3,(H2,11,13). The summed E-state index contributed by atoms with van der Waals surface area (Å²) in [4.78, 5) is 19.0. The number of carbonyl (C=O) groups is 1. The van der Waals surface area contributed by atoms with E-state index in [0.717, 1.165) is 6.42 Å². The minimum Gasteiger partial charge on any atom is -0.458 e. The van der Waals surface area contributed by atoms with Gasteiger partial charge in [0, 0.05) is 19.0 Å². The van der Waals surface area contributed by atoms with Gasteiger partial charge in [0.05, 0.1) is 6.61 Å². The van der Waals surface area contributed by atoms with Gasteiger partial charge in [-0.1, -0.05) is 6.92 Å². The Morgan fingerprint density at radius 1 is 1.31 bits per heavy atom. The van der Waals surface area contributed by atoms with Crippen molar-refractivity contribution in [3.05, 3.63) is 18.1 Å². The maximum Gasteiger partial charge on any atom is 0.360 e. The molecular weight excluding hydrogens is 210 g/mol. The van der Waals surface area contributed by atoms with Crippen LogP contribution < -0.4 is 5.73 Å². The van der Waals surface area contributed by atoms with Crippen molar-refractivity contribution in [3.8, 4) is 0 Å². The van der Waals surface area contributed by atoms with Gasteiger partial charge in [-0.3, -0.25) is 0 Å². The maximum absolute atomic E-state index is 11.4. The maximum atomic E-state index is 11.4. The van der Waals surface area contributed by atoms with Crippen LogP contribution in [-0.2, 0) is 9.47 Å². The second kappa shape index (κ2) is 6.73. The fraction of sp³-hybridized carbons (Fsp3) is 0.500. The SMILES string of the molecule is CCCOCCOC(=O)c1nccnc1N. The summed E-state index contributed by atoms with van der Waals surface area (Å²) in [7, 11) is 0. The summed E-state index contributed by atoms with van der Waals surface area (Å²) >= 11 is 0. The van der Waals surface area contributed by atoms with Gasteiger partial charge in [0.25, 0.3) is 0 Å². The molecule has 6 heteroatoms. The Morgan fingerprint density at radius 2 is 2.06 bits per heavy atom. The lowest BCUT2D eigenvalue weighted by atomic mass is 10.4. The summed E-state index contributed by atoms with van der Waals surface area (Å²) in [6.07, 6.45) is 3.74. The number of hydrogen-bond acceptors (Lipinski definition) is 6. The molecule has 0 atom stereocenters. The predicted molar refractivity (Wildman–Crippen MR) is 57.8 cm³/mol. The number of carbonyl (C=O) groups excluding carboxylic acids is 1. The summed E-state index contributed by atoms with van der Waals surface area (Å²) in [5.74, 6) is -0.507. The number of nitrogen functional groups attached to an aromatic ring is 1. The van der Waals surface area contributed by atoms with Gasteiger partial charge in [-0.15, -0.1) is 0 Å². The molecule has 0 aliphatic carbocycles. The van der Waals surface area contributed by atoms with Crippen molar-refractivity contribution in [3.63, 3.8) is 0 Å². The van der Waals surface area contributed by atoms with Crippen molar-refractivity contribution < 1.29 is 14.3 Å². The number of rotatable bonds is 6. The molecule has 1 rings (SSSR count). The minimum atomic E-state index is -0.578. The van der Waals surface area contributed by atoms with Crippen LogP contribution in [0.15, 0.2) is 12.4 Å². The first-order valence-electron chi connectivity index (χ1n) is 5.07. The van der Waals surface area contributed by atoms with E-state index in [-0.39, 0.29) is 18.1 Å². The molecule has 1 heterocycles. The molecule has 0 aromatic carbocycles. The van der Waals surface area contributed by atoms with Gasteiger partial charge >= 0.3 is 5.97 Å². The molecular formula is C10H15N3O3. The Labute approximate surface area is 93.8 Å². The van der Waals surface area contributed by atoms with Crippen LogP contribution in [0.2, 0.25) is 0 Å². The Balaban J connectivity index is 2.33. The molecule has 0 aliphatic heterocycles. The lowest BCUT2D eigenvalue weighted by Crippen LogP contribution is -2.14. The van der Waals surface area contributed by atoms with Gasteiger partial charge < -0.3 is 15.2 Å². The van der Waals surface area contributed by atoms with Crippen LogP contribution in [0.4, 0.5) is 5.82 Å². The van der Waals surface area contributed by atoms with E-state index in [9.17, 15) is 4.79 Å².